The summed E-state index contributed by atoms with van der Waals surface area (Å²) < 4.78 is 1.73. The second-order valence-corrected chi connectivity index (χ2v) is 6.07. The maximum atomic E-state index is 12.3. The van der Waals surface area contributed by atoms with Gasteiger partial charge in [-0.1, -0.05) is 6.42 Å². The maximum absolute atomic E-state index is 12.3. The van der Waals surface area contributed by atoms with Crippen LogP contribution < -0.4 is 5.32 Å². The highest BCUT2D eigenvalue weighted by Crippen LogP contribution is 2.28. The molecule has 2 aromatic heterocycles. The summed E-state index contributed by atoms with van der Waals surface area (Å²) in [5, 5.41) is 17.8. The summed E-state index contributed by atoms with van der Waals surface area (Å²) in [5.41, 5.74) is 0.686. The standard InChI is InChI=1S/C14H15N3O3S/c18-13(16-12-6-10(8-21-12)14(19)20)11-4-5-15-17(11)7-9-2-1-3-9/h4-6,8-9H,1-3,7H2,(H,16,18)(H,19,20). The van der Waals surface area contributed by atoms with Gasteiger partial charge in [0.25, 0.3) is 5.91 Å². The summed E-state index contributed by atoms with van der Waals surface area (Å²) in [6, 6.07) is 3.14. The van der Waals surface area contributed by atoms with Gasteiger partial charge in [0.15, 0.2) is 0 Å². The van der Waals surface area contributed by atoms with E-state index in [1.165, 1.54) is 42.0 Å². The molecule has 21 heavy (non-hydrogen) atoms. The lowest BCUT2D eigenvalue weighted by Crippen LogP contribution is -2.23. The number of amides is 1. The average Bonchev–Trinajstić information content (AvgIpc) is 3.02. The van der Waals surface area contributed by atoms with Crippen molar-refractivity contribution in [1.29, 1.82) is 0 Å². The lowest BCUT2D eigenvalue weighted by Gasteiger charge is -2.25. The Kier molecular flexibility index (Phi) is 3.74. The fourth-order valence-electron chi connectivity index (χ4n) is 2.28. The van der Waals surface area contributed by atoms with E-state index in [-0.39, 0.29) is 11.5 Å². The van der Waals surface area contributed by atoms with Gasteiger partial charge >= 0.3 is 5.97 Å². The second-order valence-electron chi connectivity index (χ2n) is 5.15. The van der Waals surface area contributed by atoms with Crippen LogP contribution in [0, 0.1) is 5.92 Å². The van der Waals surface area contributed by atoms with E-state index in [0.717, 1.165) is 6.54 Å². The third-order valence-corrected chi connectivity index (χ3v) is 4.53. The van der Waals surface area contributed by atoms with Crippen molar-refractivity contribution in [3.05, 3.63) is 35.0 Å². The Bertz CT molecular complexity index is 673. The number of carboxylic acids is 1. The minimum atomic E-state index is -0.998. The van der Waals surface area contributed by atoms with E-state index in [1.54, 1.807) is 16.9 Å². The van der Waals surface area contributed by atoms with Gasteiger partial charge in [-0.3, -0.25) is 9.48 Å². The minimum Gasteiger partial charge on any atom is -0.478 e. The predicted octanol–water partition coefficient (Wildman–Crippen LogP) is 2.70. The van der Waals surface area contributed by atoms with Crippen LogP contribution in [0.25, 0.3) is 0 Å². The molecule has 0 aliphatic heterocycles. The van der Waals surface area contributed by atoms with E-state index in [2.05, 4.69) is 10.4 Å². The van der Waals surface area contributed by atoms with Crippen LogP contribution in [0.5, 0.6) is 0 Å². The molecule has 2 aromatic rings. The quantitative estimate of drug-likeness (QED) is 0.889. The van der Waals surface area contributed by atoms with Gasteiger partial charge in [0, 0.05) is 18.1 Å². The Balaban J connectivity index is 1.69. The number of thiophene rings is 1. The Labute approximate surface area is 125 Å². The first-order valence-corrected chi connectivity index (χ1v) is 7.66. The lowest BCUT2D eigenvalue weighted by molar-refractivity contribution is 0.0697. The Morgan fingerprint density at radius 3 is 2.90 bits per heavy atom. The van der Waals surface area contributed by atoms with E-state index >= 15 is 0 Å². The van der Waals surface area contributed by atoms with Crippen molar-refractivity contribution >= 4 is 28.2 Å². The molecular formula is C14H15N3O3S. The predicted molar refractivity (Wildman–Crippen MR) is 78.8 cm³/mol. The molecule has 0 saturated heterocycles. The highest BCUT2D eigenvalue weighted by atomic mass is 32.1. The Hall–Kier alpha value is -2.15. The third-order valence-electron chi connectivity index (χ3n) is 3.69. The third kappa shape index (κ3) is 2.97. The lowest BCUT2D eigenvalue weighted by atomic mass is 9.85. The number of anilines is 1. The van der Waals surface area contributed by atoms with Gasteiger partial charge in [-0.05, 0) is 30.9 Å². The molecule has 0 bridgehead atoms. The molecule has 1 amide bonds. The molecule has 0 unspecified atom stereocenters. The molecule has 0 aromatic carbocycles. The van der Waals surface area contributed by atoms with E-state index in [0.29, 0.717) is 16.6 Å². The highest BCUT2D eigenvalue weighted by molar-refractivity contribution is 7.14. The number of carbonyl (C=O) groups excluding carboxylic acids is 1. The average molecular weight is 305 g/mol. The van der Waals surface area contributed by atoms with Crippen molar-refractivity contribution in [2.24, 2.45) is 5.92 Å². The topological polar surface area (TPSA) is 84.2 Å². The smallest absolute Gasteiger partial charge is 0.336 e. The van der Waals surface area contributed by atoms with Crippen LogP contribution in [0.15, 0.2) is 23.7 Å². The summed E-state index contributed by atoms with van der Waals surface area (Å²) >= 11 is 1.20. The molecule has 1 fully saturated rings. The molecule has 0 spiro atoms. The molecule has 0 atom stereocenters. The Morgan fingerprint density at radius 2 is 2.29 bits per heavy atom. The molecule has 3 rings (SSSR count). The summed E-state index contributed by atoms with van der Waals surface area (Å²) in [4.78, 5) is 23.1. The molecule has 2 heterocycles. The van der Waals surface area contributed by atoms with Crippen LogP contribution in [0.1, 0.15) is 40.1 Å². The molecule has 0 radical (unpaired) electrons. The number of carboxylic acid groups (broad SMARTS) is 1. The van der Waals surface area contributed by atoms with Gasteiger partial charge in [0.05, 0.1) is 10.6 Å². The van der Waals surface area contributed by atoms with Crippen LogP contribution >= 0.6 is 11.3 Å². The largest absolute Gasteiger partial charge is 0.478 e. The van der Waals surface area contributed by atoms with Gasteiger partial charge in [0.1, 0.15) is 5.69 Å². The minimum absolute atomic E-state index is 0.179. The van der Waals surface area contributed by atoms with Crippen molar-refractivity contribution in [2.75, 3.05) is 5.32 Å². The van der Waals surface area contributed by atoms with Crippen molar-refractivity contribution < 1.29 is 14.7 Å². The molecule has 2 N–H and O–H groups in total. The normalized spacial score (nSPS) is 14.7. The number of hydrogen-bond acceptors (Lipinski definition) is 4. The van der Waals surface area contributed by atoms with E-state index in [1.807, 2.05) is 0 Å². The van der Waals surface area contributed by atoms with Crippen molar-refractivity contribution in [1.82, 2.24) is 9.78 Å². The van der Waals surface area contributed by atoms with Crippen molar-refractivity contribution in [2.45, 2.75) is 25.8 Å². The first-order valence-electron chi connectivity index (χ1n) is 6.78. The maximum Gasteiger partial charge on any atom is 0.336 e. The second kappa shape index (κ2) is 5.69. The van der Waals surface area contributed by atoms with Gasteiger partial charge in [-0.25, -0.2) is 4.79 Å². The molecular weight excluding hydrogens is 290 g/mol. The fraction of sp³-hybridized carbons (Fsp3) is 0.357. The summed E-state index contributed by atoms with van der Waals surface area (Å²) in [5.74, 6) is -0.649. The molecule has 110 valence electrons. The number of aromatic carboxylic acids is 1. The summed E-state index contributed by atoms with van der Waals surface area (Å²) in [6.45, 7) is 0.764. The van der Waals surface area contributed by atoms with Crippen LogP contribution in [0.4, 0.5) is 5.00 Å². The zero-order chi connectivity index (χ0) is 14.8. The summed E-state index contributed by atoms with van der Waals surface area (Å²) in [6.07, 6.45) is 5.24. The zero-order valence-electron chi connectivity index (χ0n) is 11.3. The zero-order valence-corrected chi connectivity index (χ0v) is 12.1. The highest BCUT2D eigenvalue weighted by Gasteiger charge is 2.21. The summed E-state index contributed by atoms with van der Waals surface area (Å²) in [7, 11) is 0. The number of aromatic nitrogens is 2. The van der Waals surface area contributed by atoms with Crippen molar-refractivity contribution in [3.8, 4) is 0 Å². The molecule has 1 saturated carbocycles. The van der Waals surface area contributed by atoms with Gasteiger partial charge in [-0.2, -0.15) is 5.10 Å². The first kappa shape index (κ1) is 13.8. The van der Waals surface area contributed by atoms with E-state index < -0.39 is 5.97 Å². The monoisotopic (exact) mass is 305 g/mol. The molecule has 1 aliphatic rings. The molecule has 1 aliphatic carbocycles. The van der Waals surface area contributed by atoms with Gasteiger partial charge < -0.3 is 10.4 Å². The van der Waals surface area contributed by atoms with Crippen molar-refractivity contribution in [3.63, 3.8) is 0 Å². The van der Waals surface area contributed by atoms with E-state index in [4.69, 9.17) is 5.11 Å². The van der Waals surface area contributed by atoms with Crippen LogP contribution in [-0.4, -0.2) is 26.8 Å². The Morgan fingerprint density at radius 1 is 1.48 bits per heavy atom. The van der Waals surface area contributed by atoms with Crippen LogP contribution in [0.2, 0.25) is 0 Å². The van der Waals surface area contributed by atoms with Crippen LogP contribution in [-0.2, 0) is 6.54 Å². The first-order chi connectivity index (χ1) is 10.1. The fourth-order valence-corrected chi connectivity index (χ4v) is 3.05. The van der Waals surface area contributed by atoms with Crippen LogP contribution in [0.3, 0.4) is 0 Å². The van der Waals surface area contributed by atoms with Gasteiger partial charge in [0.2, 0.25) is 0 Å². The molecule has 7 heteroatoms. The number of nitrogens with zero attached hydrogens (tertiary/aromatic N) is 2. The number of carbonyl (C=O) groups is 2. The SMILES string of the molecule is O=C(O)c1csc(NC(=O)c2ccnn2CC2CCC2)c1. The number of nitrogens with one attached hydrogen (secondary N) is 1. The number of rotatable bonds is 5. The van der Waals surface area contributed by atoms with E-state index in [9.17, 15) is 9.59 Å². The molecule has 6 nitrogen and oxygen atoms in total. The number of hydrogen-bond donors (Lipinski definition) is 2. The van der Waals surface area contributed by atoms with Gasteiger partial charge in [-0.15, -0.1) is 11.3 Å².